The molecule has 0 amide bonds. The van der Waals surface area contributed by atoms with Crippen LogP contribution < -0.4 is 5.32 Å². The Morgan fingerprint density at radius 1 is 1.44 bits per heavy atom. The second-order valence-corrected chi connectivity index (χ2v) is 10.0. The molecule has 0 saturated carbocycles. The second kappa shape index (κ2) is 5.49. The van der Waals surface area contributed by atoms with Crippen molar-refractivity contribution < 1.29 is 8.42 Å². The van der Waals surface area contributed by atoms with Gasteiger partial charge in [0.25, 0.3) is 0 Å². The lowest BCUT2D eigenvalue weighted by molar-refractivity contribution is 0.244. The van der Waals surface area contributed by atoms with Crippen LogP contribution >= 0.6 is 43.2 Å². The molecule has 1 aliphatic heterocycles. The van der Waals surface area contributed by atoms with E-state index in [2.05, 4.69) is 37.2 Å². The summed E-state index contributed by atoms with van der Waals surface area (Å²) in [5.74, 6) is 0. The maximum atomic E-state index is 12.6. The van der Waals surface area contributed by atoms with E-state index in [0.717, 1.165) is 3.79 Å². The van der Waals surface area contributed by atoms with Gasteiger partial charge in [0.15, 0.2) is 0 Å². The van der Waals surface area contributed by atoms with Crippen molar-refractivity contribution in [1.82, 2.24) is 9.62 Å². The van der Waals surface area contributed by atoms with Gasteiger partial charge in [0, 0.05) is 25.2 Å². The topological polar surface area (TPSA) is 49.4 Å². The third-order valence-corrected chi connectivity index (χ3v) is 7.65. The zero-order valence-corrected chi connectivity index (χ0v) is 14.8. The summed E-state index contributed by atoms with van der Waals surface area (Å²) in [4.78, 5) is 0.348. The first-order valence-electron chi connectivity index (χ1n) is 5.52. The zero-order chi connectivity index (χ0) is 13.5. The van der Waals surface area contributed by atoms with Crippen molar-refractivity contribution in [1.29, 1.82) is 0 Å². The van der Waals surface area contributed by atoms with E-state index in [1.165, 1.54) is 11.3 Å². The summed E-state index contributed by atoms with van der Waals surface area (Å²) in [5, 5.41) is 3.28. The van der Waals surface area contributed by atoms with Crippen molar-refractivity contribution in [2.75, 3.05) is 13.1 Å². The fourth-order valence-electron chi connectivity index (χ4n) is 1.95. The lowest BCUT2D eigenvalue weighted by Crippen LogP contribution is -2.56. The number of thiophene rings is 1. The van der Waals surface area contributed by atoms with Crippen LogP contribution in [0.2, 0.25) is 0 Å². The van der Waals surface area contributed by atoms with E-state index in [9.17, 15) is 8.42 Å². The molecule has 0 bridgehead atoms. The molecule has 8 heteroatoms. The van der Waals surface area contributed by atoms with Crippen LogP contribution in [0.4, 0.5) is 0 Å². The highest BCUT2D eigenvalue weighted by molar-refractivity contribution is 9.12. The number of hydrogen-bond donors (Lipinski definition) is 1. The number of halogens is 2. The standard InChI is InChI=1S/C10H14Br2N2O2S2/c1-6-5-14(7(2)4-13-6)18(15,16)8-3-9(11)17-10(8)12/h3,6-7,13H,4-5H2,1-2H3. The predicted octanol–water partition coefficient (Wildman–Crippen LogP) is 2.64. The smallest absolute Gasteiger partial charge is 0.245 e. The molecule has 4 nitrogen and oxygen atoms in total. The molecule has 2 atom stereocenters. The van der Waals surface area contributed by atoms with E-state index < -0.39 is 10.0 Å². The lowest BCUT2D eigenvalue weighted by Gasteiger charge is -2.36. The lowest BCUT2D eigenvalue weighted by atomic mass is 10.2. The molecule has 2 unspecified atom stereocenters. The number of nitrogens with zero attached hydrogens (tertiary/aromatic N) is 1. The minimum Gasteiger partial charge on any atom is -0.311 e. The Hall–Kier alpha value is 0.530. The normalized spacial score (nSPS) is 26.4. The number of piperazine rings is 1. The molecule has 0 aromatic carbocycles. The van der Waals surface area contributed by atoms with Gasteiger partial charge in [0.2, 0.25) is 10.0 Å². The quantitative estimate of drug-likeness (QED) is 0.804. The predicted molar refractivity (Wildman–Crippen MR) is 80.5 cm³/mol. The van der Waals surface area contributed by atoms with Crippen molar-refractivity contribution in [3.8, 4) is 0 Å². The van der Waals surface area contributed by atoms with Gasteiger partial charge in [-0.1, -0.05) is 0 Å². The van der Waals surface area contributed by atoms with Crippen LogP contribution in [0.15, 0.2) is 18.5 Å². The fraction of sp³-hybridized carbons (Fsp3) is 0.600. The summed E-state index contributed by atoms with van der Waals surface area (Å²) in [6.07, 6.45) is 0. The third-order valence-electron chi connectivity index (χ3n) is 2.92. The van der Waals surface area contributed by atoms with Crippen LogP contribution in [0.1, 0.15) is 13.8 Å². The van der Waals surface area contributed by atoms with Crippen molar-refractivity contribution >= 4 is 53.2 Å². The summed E-state index contributed by atoms with van der Waals surface area (Å²) in [6, 6.07) is 1.80. The highest BCUT2D eigenvalue weighted by atomic mass is 79.9. The summed E-state index contributed by atoms with van der Waals surface area (Å²) in [7, 11) is -3.43. The van der Waals surface area contributed by atoms with Crippen molar-refractivity contribution in [2.24, 2.45) is 0 Å². The molecule has 0 radical (unpaired) electrons. The largest absolute Gasteiger partial charge is 0.311 e. The van der Waals surface area contributed by atoms with Crippen LogP contribution in [0.5, 0.6) is 0 Å². The van der Waals surface area contributed by atoms with Crippen LogP contribution in [0, 0.1) is 0 Å². The molecule has 0 spiro atoms. The van der Waals surface area contributed by atoms with Crippen LogP contribution in [0.3, 0.4) is 0 Å². The summed E-state index contributed by atoms with van der Waals surface area (Å²) < 4.78 is 28.3. The van der Waals surface area contributed by atoms with E-state index in [0.29, 0.717) is 21.8 Å². The Kier molecular flexibility index (Phi) is 4.56. The number of hydrogen-bond acceptors (Lipinski definition) is 4. The molecular weight excluding hydrogens is 404 g/mol. The first-order chi connectivity index (χ1) is 8.32. The number of nitrogens with one attached hydrogen (secondary N) is 1. The molecule has 1 aromatic rings. The molecule has 1 aliphatic rings. The van der Waals surface area contributed by atoms with Crippen LogP contribution in [-0.4, -0.2) is 37.9 Å². The Labute approximate surface area is 128 Å². The zero-order valence-electron chi connectivity index (χ0n) is 9.98. The van der Waals surface area contributed by atoms with Gasteiger partial charge in [0.05, 0.1) is 7.57 Å². The molecule has 2 heterocycles. The summed E-state index contributed by atoms with van der Waals surface area (Å²) >= 11 is 8.02. The minimum atomic E-state index is -3.43. The average Bonchev–Trinajstić information content (AvgIpc) is 2.62. The van der Waals surface area contributed by atoms with Crippen LogP contribution in [-0.2, 0) is 10.0 Å². The Morgan fingerprint density at radius 3 is 2.67 bits per heavy atom. The monoisotopic (exact) mass is 416 g/mol. The first kappa shape index (κ1) is 14.9. The second-order valence-electron chi connectivity index (χ2n) is 4.42. The maximum Gasteiger partial charge on any atom is 0.245 e. The first-order valence-corrected chi connectivity index (χ1v) is 9.36. The Balaban J connectivity index is 2.38. The van der Waals surface area contributed by atoms with E-state index in [1.807, 2.05) is 13.8 Å². The van der Waals surface area contributed by atoms with Gasteiger partial charge in [-0.25, -0.2) is 8.42 Å². The van der Waals surface area contributed by atoms with E-state index in [4.69, 9.17) is 0 Å². The van der Waals surface area contributed by atoms with Gasteiger partial charge < -0.3 is 5.32 Å². The molecule has 1 saturated heterocycles. The van der Waals surface area contributed by atoms with Crippen LogP contribution in [0.25, 0.3) is 0 Å². The van der Waals surface area contributed by atoms with Crippen molar-refractivity contribution in [3.05, 3.63) is 13.6 Å². The van der Waals surface area contributed by atoms with Gasteiger partial charge in [0.1, 0.15) is 4.90 Å². The van der Waals surface area contributed by atoms with Gasteiger partial charge in [-0.3, -0.25) is 0 Å². The highest BCUT2D eigenvalue weighted by Crippen LogP contribution is 2.37. The number of rotatable bonds is 2. The molecule has 18 heavy (non-hydrogen) atoms. The van der Waals surface area contributed by atoms with Gasteiger partial charge in [-0.2, -0.15) is 4.31 Å². The highest BCUT2D eigenvalue weighted by Gasteiger charge is 2.35. The molecule has 102 valence electrons. The Morgan fingerprint density at radius 2 is 2.11 bits per heavy atom. The van der Waals surface area contributed by atoms with Gasteiger partial charge >= 0.3 is 0 Å². The van der Waals surface area contributed by atoms with E-state index in [-0.39, 0.29) is 12.1 Å². The molecule has 1 N–H and O–H groups in total. The Bertz CT molecular complexity index is 544. The van der Waals surface area contributed by atoms with Gasteiger partial charge in [-0.05, 0) is 51.8 Å². The third kappa shape index (κ3) is 2.83. The minimum absolute atomic E-state index is 0.0308. The molecular formula is C10H14Br2N2O2S2. The number of sulfonamides is 1. The summed E-state index contributed by atoms with van der Waals surface area (Å²) in [5.41, 5.74) is 0. The summed E-state index contributed by atoms with van der Waals surface area (Å²) in [6.45, 7) is 5.10. The van der Waals surface area contributed by atoms with Crippen molar-refractivity contribution in [3.63, 3.8) is 0 Å². The molecule has 1 aromatic heterocycles. The SMILES string of the molecule is CC1CN(S(=O)(=O)c2cc(Br)sc2Br)C(C)CN1. The van der Waals surface area contributed by atoms with E-state index >= 15 is 0 Å². The average molecular weight is 418 g/mol. The fourth-order valence-corrected chi connectivity index (χ4v) is 7.43. The van der Waals surface area contributed by atoms with E-state index in [1.54, 1.807) is 10.4 Å². The molecule has 1 fully saturated rings. The van der Waals surface area contributed by atoms with Crippen molar-refractivity contribution in [2.45, 2.75) is 30.8 Å². The van der Waals surface area contributed by atoms with Gasteiger partial charge in [-0.15, -0.1) is 11.3 Å². The maximum absolute atomic E-state index is 12.6. The molecule has 2 rings (SSSR count). The molecule has 0 aliphatic carbocycles.